The Morgan fingerprint density at radius 2 is 1.94 bits per heavy atom. The molecule has 178 valence electrons. The first-order valence-electron chi connectivity index (χ1n) is 12.0. The smallest absolute Gasteiger partial charge is 0.226 e. The normalized spacial score (nSPS) is 15.9. The first kappa shape index (κ1) is 24.2. The number of benzene rings is 2. The number of fused-ring (bicyclic) bond motifs is 1. The highest BCUT2D eigenvalue weighted by molar-refractivity contribution is 6.74. The van der Waals surface area contributed by atoms with Gasteiger partial charge in [0.15, 0.2) is 14.1 Å². The van der Waals surface area contributed by atoms with E-state index in [4.69, 9.17) is 13.6 Å². The van der Waals surface area contributed by atoms with Crippen molar-refractivity contribution in [3.05, 3.63) is 59.3 Å². The van der Waals surface area contributed by atoms with Crippen molar-refractivity contribution >= 4 is 8.32 Å². The molecule has 0 radical (unpaired) electrons. The van der Waals surface area contributed by atoms with E-state index in [9.17, 15) is 5.26 Å². The molecule has 3 aromatic rings. The number of nitrogens with zero attached hydrogens (tertiary/aromatic N) is 2. The monoisotopic (exact) mass is 474 g/mol. The van der Waals surface area contributed by atoms with Crippen molar-refractivity contribution in [1.82, 2.24) is 4.98 Å². The van der Waals surface area contributed by atoms with Gasteiger partial charge in [-0.3, -0.25) is 0 Å². The van der Waals surface area contributed by atoms with Gasteiger partial charge in [-0.05, 0) is 74.1 Å². The van der Waals surface area contributed by atoms with Gasteiger partial charge < -0.3 is 13.6 Å². The van der Waals surface area contributed by atoms with Gasteiger partial charge in [0.2, 0.25) is 5.89 Å². The van der Waals surface area contributed by atoms with Crippen LogP contribution in [-0.2, 0) is 10.8 Å². The molecule has 34 heavy (non-hydrogen) atoms. The maximum atomic E-state index is 9.56. The van der Waals surface area contributed by atoms with E-state index in [1.54, 1.807) is 18.3 Å². The molecule has 0 saturated heterocycles. The molecule has 1 unspecified atom stereocenters. The highest BCUT2D eigenvalue weighted by Gasteiger charge is 2.41. The lowest BCUT2D eigenvalue weighted by Crippen LogP contribution is -2.41. The van der Waals surface area contributed by atoms with E-state index >= 15 is 0 Å². The fourth-order valence-electron chi connectivity index (χ4n) is 4.14. The van der Waals surface area contributed by atoms with Gasteiger partial charge in [-0.2, -0.15) is 5.26 Å². The van der Waals surface area contributed by atoms with Crippen LogP contribution in [0.1, 0.15) is 63.8 Å². The van der Waals surface area contributed by atoms with Crippen molar-refractivity contribution in [2.24, 2.45) is 0 Å². The second kappa shape index (κ2) is 9.05. The van der Waals surface area contributed by atoms with Crippen LogP contribution < -0.4 is 4.74 Å². The lowest BCUT2D eigenvalue weighted by molar-refractivity contribution is 0.185. The van der Waals surface area contributed by atoms with E-state index in [0.717, 1.165) is 29.7 Å². The number of ether oxygens (including phenoxy) is 1. The Kier molecular flexibility index (Phi) is 6.45. The molecular formula is C28H34N2O3Si. The quantitative estimate of drug-likeness (QED) is 0.343. The topological polar surface area (TPSA) is 68.3 Å². The zero-order chi connectivity index (χ0) is 24.7. The molecule has 1 heterocycles. The molecular weight excluding hydrogens is 440 g/mol. The van der Waals surface area contributed by atoms with Crippen LogP contribution in [0.3, 0.4) is 0 Å². The summed E-state index contributed by atoms with van der Waals surface area (Å²) in [4.78, 5) is 4.52. The molecule has 6 heteroatoms. The van der Waals surface area contributed by atoms with Gasteiger partial charge in [0.25, 0.3) is 0 Å². The van der Waals surface area contributed by atoms with Crippen LogP contribution >= 0.6 is 0 Å². The van der Waals surface area contributed by atoms with Gasteiger partial charge in [-0.15, -0.1) is 0 Å². The fraction of sp³-hybridized carbons (Fsp3) is 0.429. The lowest BCUT2D eigenvalue weighted by Gasteiger charge is -2.38. The Bertz CT molecular complexity index is 1230. The minimum Gasteiger partial charge on any atom is -0.490 e. The summed E-state index contributed by atoms with van der Waals surface area (Å²) in [5.74, 6) is 1.80. The zero-order valence-corrected chi connectivity index (χ0v) is 22.2. The number of hydrogen-bond donors (Lipinski definition) is 0. The third kappa shape index (κ3) is 4.68. The van der Waals surface area contributed by atoms with Crippen molar-refractivity contribution in [3.63, 3.8) is 0 Å². The van der Waals surface area contributed by atoms with Gasteiger partial charge in [0.05, 0.1) is 24.0 Å². The largest absolute Gasteiger partial charge is 0.490 e. The molecule has 1 atom stereocenters. The van der Waals surface area contributed by atoms with Gasteiger partial charge in [0, 0.05) is 11.1 Å². The number of aromatic nitrogens is 1. The van der Waals surface area contributed by atoms with Crippen LogP contribution in [0, 0.1) is 11.3 Å². The molecule has 5 nitrogen and oxygen atoms in total. The Balaban J connectivity index is 1.63. The maximum Gasteiger partial charge on any atom is 0.226 e. The predicted molar refractivity (Wildman–Crippen MR) is 137 cm³/mol. The molecule has 0 aliphatic heterocycles. The van der Waals surface area contributed by atoms with E-state index in [1.165, 1.54) is 11.1 Å². The Labute approximate surface area is 203 Å². The van der Waals surface area contributed by atoms with Gasteiger partial charge in [0.1, 0.15) is 11.8 Å². The van der Waals surface area contributed by atoms with Crippen LogP contribution in [0.25, 0.3) is 22.8 Å². The number of oxazole rings is 1. The van der Waals surface area contributed by atoms with Gasteiger partial charge >= 0.3 is 0 Å². The standard InChI is InChI=1S/C28H34N2O3Si/c1-18(2)31-24-13-11-19(15-20(24)16-29)27-30-17-26(32-27)23-10-8-9-22-21(23)12-14-25(22)33-34(6,7)28(3,4)5/h8-11,13,15,17-18,25H,12,14H2,1-7H3. The van der Waals surface area contributed by atoms with Crippen LogP contribution in [0.4, 0.5) is 0 Å². The first-order chi connectivity index (χ1) is 16.0. The van der Waals surface area contributed by atoms with Crippen molar-refractivity contribution < 1.29 is 13.6 Å². The van der Waals surface area contributed by atoms with E-state index in [2.05, 4.69) is 63.1 Å². The molecule has 1 aliphatic rings. The summed E-state index contributed by atoms with van der Waals surface area (Å²) < 4.78 is 18.7. The SMILES string of the molecule is CC(C)Oc1ccc(-c2ncc(-c3cccc4c3CCC4O[Si](C)(C)C(C)(C)C)o2)cc1C#N. The molecule has 0 amide bonds. The molecule has 4 rings (SSSR count). The molecule has 0 spiro atoms. The highest BCUT2D eigenvalue weighted by atomic mass is 28.4. The average molecular weight is 475 g/mol. The summed E-state index contributed by atoms with van der Waals surface area (Å²) in [5, 5.41) is 9.73. The first-order valence-corrected chi connectivity index (χ1v) is 14.9. The van der Waals surface area contributed by atoms with E-state index in [-0.39, 0.29) is 17.2 Å². The lowest BCUT2D eigenvalue weighted by atomic mass is 10.0. The van der Waals surface area contributed by atoms with Crippen molar-refractivity contribution in [3.8, 4) is 34.6 Å². The molecule has 0 bridgehead atoms. The minimum absolute atomic E-state index is 0.00379. The summed E-state index contributed by atoms with van der Waals surface area (Å²) in [5.41, 5.74) is 4.84. The molecule has 1 aliphatic carbocycles. The van der Waals surface area contributed by atoms with Gasteiger partial charge in [-0.1, -0.05) is 39.0 Å². The van der Waals surface area contributed by atoms with E-state index in [0.29, 0.717) is 17.2 Å². The van der Waals surface area contributed by atoms with E-state index in [1.807, 2.05) is 19.9 Å². The molecule has 0 fully saturated rings. The third-order valence-electron chi connectivity index (χ3n) is 6.94. The second-order valence-corrected chi connectivity index (χ2v) is 15.6. The fourth-order valence-corrected chi connectivity index (χ4v) is 5.45. The zero-order valence-electron chi connectivity index (χ0n) is 21.2. The molecule has 2 aromatic carbocycles. The summed E-state index contributed by atoms with van der Waals surface area (Å²) in [7, 11) is -1.87. The summed E-state index contributed by atoms with van der Waals surface area (Å²) in [6.45, 7) is 15.3. The van der Waals surface area contributed by atoms with Crippen LogP contribution in [0.2, 0.25) is 18.1 Å². The number of nitriles is 1. The molecule has 0 N–H and O–H groups in total. The molecule has 1 aromatic heterocycles. The Hall–Kier alpha value is -2.88. The van der Waals surface area contributed by atoms with Crippen LogP contribution in [0.5, 0.6) is 5.75 Å². The highest BCUT2D eigenvalue weighted by Crippen LogP contribution is 2.45. The average Bonchev–Trinajstić information content (AvgIpc) is 3.40. The number of rotatable bonds is 6. The van der Waals surface area contributed by atoms with Crippen molar-refractivity contribution in [1.29, 1.82) is 5.26 Å². The van der Waals surface area contributed by atoms with E-state index < -0.39 is 8.32 Å². The maximum absolute atomic E-state index is 9.56. The minimum atomic E-state index is -1.87. The predicted octanol–water partition coefficient (Wildman–Crippen LogP) is 7.68. The van der Waals surface area contributed by atoms with Crippen LogP contribution in [-0.4, -0.2) is 19.4 Å². The van der Waals surface area contributed by atoms with Crippen molar-refractivity contribution in [2.45, 2.75) is 77.8 Å². The van der Waals surface area contributed by atoms with Gasteiger partial charge in [-0.25, -0.2) is 4.98 Å². The van der Waals surface area contributed by atoms with Crippen molar-refractivity contribution in [2.75, 3.05) is 0 Å². The Morgan fingerprint density at radius 3 is 2.62 bits per heavy atom. The van der Waals surface area contributed by atoms with Crippen LogP contribution in [0.15, 0.2) is 47.0 Å². The Morgan fingerprint density at radius 1 is 1.18 bits per heavy atom. The summed E-state index contributed by atoms with van der Waals surface area (Å²) in [6.07, 6.45) is 3.85. The summed E-state index contributed by atoms with van der Waals surface area (Å²) >= 11 is 0. The number of hydrogen-bond acceptors (Lipinski definition) is 5. The summed E-state index contributed by atoms with van der Waals surface area (Å²) in [6, 6.07) is 14.0. The second-order valence-electron chi connectivity index (χ2n) is 10.8. The third-order valence-corrected chi connectivity index (χ3v) is 11.4. The molecule has 0 saturated carbocycles.